The zero-order valence-electron chi connectivity index (χ0n) is 13.1. The topological polar surface area (TPSA) is 59.2 Å². The molecule has 0 saturated heterocycles. The molecule has 0 aliphatic heterocycles. The smallest absolute Gasteiger partial charge is 0.274 e. The third-order valence-electron chi connectivity index (χ3n) is 3.90. The number of nitrogens with two attached hydrogens (primary N) is 1. The van der Waals surface area contributed by atoms with Crippen LogP contribution in [0.25, 0.3) is 10.4 Å². The van der Waals surface area contributed by atoms with E-state index in [1.807, 2.05) is 36.1 Å². The van der Waals surface area contributed by atoms with Gasteiger partial charge in [-0.2, -0.15) is 0 Å². The fraction of sp³-hybridized carbons (Fsp3) is 0.412. The van der Waals surface area contributed by atoms with E-state index in [9.17, 15) is 4.79 Å². The highest BCUT2D eigenvalue weighted by molar-refractivity contribution is 7.15. The summed E-state index contributed by atoms with van der Waals surface area (Å²) in [6.45, 7) is 3.76. The summed E-state index contributed by atoms with van der Waals surface area (Å²) >= 11 is 7.50. The van der Waals surface area contributed by atoms with Gasteiger partial charge in [-0.15, -0.1) is 11.3 Å². The Morgan fingerprint density at radius 3 is 2.70 bits per heavy atom. The number of carbonyl (C=O) groups excluding carboxylic acids is 1. The minimum atomic E-state index is -0.0170. The van der Waals surface area contributed by atoms with Crippen LogP contribution in [0.5, 0.6) is 0 Å². The van der Waals surface area contributed by atoms with Crippen molar-refractivity contribution < 1.29 is 4.79 Å². The van der Waals surface area contributed by atoms with Gasteiger partial charge in [-0.1, -0.05) is 23.7 Å². The minimum absolute atomic E-state index is 0.0170. The minimum Gasteiger partial charge on any atom is -0.336 e. The highest BCUT2D eigenvalue weighted by Crippen LogP contribution is 2.33. The van der Waals surface area contributed by atoms with Crippen molar-refractivity contribution in [2.45, 2.75) is 19.8 Å². The molecule has 23 heavy (non-hydrogen) atoms. The highest BCUT2D eigenvalue weighted by Gasteiger charge is 2.29. The van der Waals surface area contributed by atoms with Crippen molar-refractivity contribution in [2.24, 2.45) is 11.7 Å². The first-order valence-electron chi connectivity index (χ1n) is 7.81. The van der Waals surface area contributed by atoms with Gasteiger partial charge in [0.1, 0.15) is 5.69 Å². The van der Waals surface area contributed by atoms with E-state index in [-0.39, 0.29) is 5.91 Å². The maximum absolute atomic E-state index is 13.0. The maximum Gasteiger partial charge on any atom is 0.274 e. The summed E-state index contributed by atoms with van der Waals surface area (Å²) in [4.78, 5) is 20.2. The molecule has 4 nitrogen and oxygen atoms in total. The summed E-state index contributed by atoms with van der Waals surface area (Å²) < 4.78 is 0. The summed E-state index contributed by atoms with van der Waals surface area (Å²) in [6.07, 6.45) is 2.41. The highest BCUT2D eigenvalue weighted by atomic mass is 35.5. The van der Waals surface area contributed by atoms with Gasteiger partial charge in [0.05, 0.1) is 9.88 Å². The third kappa shape index (κ3) is 3.91. The molecular weight excluding hydrogens is 330 g/mol. The fourth-order valence-corrected chi connectivity index (χ4v) is 3.60. The Kier molecular flexibility index (Phi) is 4.99. The van der Waals surface area contributed by atoms with Gasteiger partial charge in [-0.3, -0.25) is 4.79 Å². The molecule has 0 unspecified atom stereocenters. The van der Waals surface area contributed by atoms with Crippen molar-refractivity contribution in [3.8, 4) is 10.4 Å². The van der Waals surface area contributed by atoms with E-state index < -0.39 is 0 Å². The molecule has 1 aromatic heterocycles. The summed E-state index contributed by atoms with van der Waals surface area (Å²) in [5, 5.41) is 1.57. The van der Waals surface area contributed by atoms with Crippen molar-refractivity contribution >= 4 is 28.8 Å². The Balaban J connectivity index is 1.91. The van der Waals surface area contributed by atoms with Crippen molar-refractivity contribution in [1.29, 1.82) is 0 Å². The van der Waals surface area contributed by atoms with Crippen LogP contribution in [0.4, 0.5) is 0 Å². The standard InChI is InChI=1S/C17H20ClN3OS/c1-11-20-15(16(23-11)13-4-6-14(18)7-5-13)17(22)21(9-8-19)10-12-2-3-12/h4-7,12H,2-3,8-10,19H2,1H3. The molecule has 1 saturated carbocycles. The molecule has 0 spiro atoms. The second-order valence-electron chi connectivity index (χ2n) is 5.90. The van der Waals surface area contributed by atoms with Crippen LogP contribution in [-0.4, -0.2) is 35.4 Å². The van der Waals surface area contributed by atoms with E-state index in [4.69, 9.17) is 17.3 Å². The molecule has 3 rings (SSSR count). The van der Waals surface area contributed by atoms with Gasteiger partial charge in [-0.05, 0) is 43.4 Å². The van der Waals surface area contributed by atoms with Crippen LogP contribution in [0, 0.1) is 12.8 Å². The van der Waals surface area contributed by atoms with Crippen molar-refractivity contribution in [3.05, 3.63) is 40.0 Å². The van der Waals surface area contributed by atoms with Gasteiger partial charge in [0.15, 0.2) is 0 Å². The first-order chi connectivity index (χ1) is 11.1. The second kappa shape index (κ2) is 6.99. The lowest BCUT2D eigenvalue weighted by Crippen LogP contribution is -2.37. The summed E-state index contributed by atoms with van der Waals surface area (Å²) in [6, 6.07) is 7.53. The van der Waals surface area contributed by atoms with Crippen LogP contribution in [0.3, 0.4) is 0 Å². The largest absolute Gasteiger partial charge is 0.336 e. The number of hydrogen-bond acceptors (Lipinski definition) is 4. The summed E-state index contributed by atoms with van der Waals surface area (Å²) in [5.74, 6) is 0.612. The average Bonchev–Trinajstić information content (AvgIpc) is 3.27. The van der Waals surface area contributed by atoms with E-state index in [1.165, 1.54) is 24.2 Å². The van der Waals surface area contributed by atoms with E-state index >= 15 is 0 Å². The predicted molar refractivity (Wildman–Crippen MR) is 95.0 cm³/mol. The number of carbonyl (C=O) groups is 1. The Morgan fingerprint density at radius 1 is 1.39 bits per heavy atom. The van der Waals surface area contributed by atoms with Crippen molar-refractivity contribution in [1.82, 2.24) is 9.88 Å². The molecule has 1 aliphatic carbocycles. The molecule has 2 N–H and O–H groups in total. The molecule has 0 atom stereocenters. The molecule has 1 amide bonds. The zero-order chi connectivity index (χ0) is 16.4. The molecule has 1 heterocycles. The predicted octanol–water partition coefficient (Wildman–Crippen LogP) is 3.58. The van der Waals surface area contributed by atoms with E-state index in [1.54, 1.807) is 0 Å². The summed E-state index contributed by atoms with van der Waals surface area (Å²) in [5.41, 5.74) is 7.19. The van der Waals surface area contributed by atoms with E-state index in [2.05, 4.69) is 4.98 Å². The lowest BCUT2D eigenvalue weighted by molar-refractivity contribution is 0.0748. The SMILES string of the molecule is Cc1nc(C(=O)N(CCN)CC2CC2)c(-c2ccc(Cl)cc2)s1. The molecule has 2 aromatic rings. The van der Waals surface area contributed by atoms with Crippen molar-refractivity contribution in [3.63, 3.8) is 0 Å². The monoisotopic (exact) mass is 349 g/mol. The number of nitrogens with zero attached hydrogens (tertiary/aromatic N) is 2. The van der Waals surface area contributed by atoms with Crippen LogP contribution in [0.1, 0.15) is 28.3 Å². The quantitative estimate of drug-likeness (QED) is 0.867. The molecule has 122 valence electrons. The number of thiazole rings is 1. The van der Waals surface area contributed by atoms with Crippen LogP contribution in [-0.2, 0) is 0 Å². The molecule has 1 aromatic carbocycles. The lowest BCUT2D eigenvalue weighted by atomic mass is 10.1. The number of rotatable bonds is 6. The number of amides is 1. The van der Waals surface area contributed by atoms with Crippen LogP contribution in [0.15, 0.2) is 24.3 Å². The normalized spacial score (nSPS) is 14.0. The van der Waals surface area contributed by atoms with Crippen molar-refractivity contribution in [2.75, 3.05) is 19.6 Å². The molecule has 1 fully saturated rings. The van der Waals surface area contributed by atoms with Gasteiger partial charge in [0.25, 0.3) is 5.91 Å². The zero-order valence-corrected chi connectivity index (χ0v) is 14.7. The lowest BCUT2D eigenvalue weighted by Gasteiger charge is -2.21. The number of halogens is 1. The third-order valence-corrected chi connectivity index (χ3v) is 5.18. The van der Waals surface area contributed by atoms with Gasteiger partial charge >= 0.3 is 0 Å². The average molecular weight is 350 g/mol. The van der Waals surface area contributed by atoms with Crippen LogP contribution >= 0.6 is 22.9 Å². The molecular formula is C17H20ClN3OS. The van der Waals surface area contributed by atoms with Gasteiger partial charge in [-0.25, -0.2) is 4.98 Å². The van der Waals surface area contributed by atoms with E-state index in [0.717, 1.165) is 22.0 Å². The van der Waals surface area contributed by atoms with Crippen LogP contribution in [0.2, 0.25) is 5.02 Å². The fourth-order valence-electron chi connectivity index (χ4n) is 2.56. The molecule has 6 heteroatoms. The molecule has 0 bridgehead atoms. The Labute approximate surface area is 145 Å². The van der Waals surface area contributed by atoms with Gasteiger partial charge in [0, 0.05) is 24.7 Å². The first-order valence-corrected chi connectivity index (χ1v) is 9.00. The first kappa shape index (κ1) is 16.4. The second-order valence-corrected chi connectivity index (χ2v) is 7.54. The Bertz CT molecular complexity index is 694. The molecule has 1 aliphatic rings. The Morgan fingerprint density at radius 2 is 2.09 bits per heavy atom. The Hall–Kier alpha value is -1.43. The summed E-state index contributed by atoms with van der Waals surface area (Å²) in [7, 11) is 0. The number of aryl methyl sites for hydroxylation is 1. The maximum atomic E-state index is 13.0. The molecule has 0 radical (unpaired) electrons. The number of benzene rings is 1. The number of aromatic nitrogens is 1. The van der Waals surface area contributed by atoms with E-state index in [0.29, 0.717) is 29.7 Å². The number of hydrogen-bond donors (Lipinski definition) is 1. The van der Waals surface area contributed by atoms with Gasteiger partial charge in [0.2, 0.25) is 0 Å². The van der Waals surface area contributed by atoms with Crippen LogP contribution < -0.4 is 5.73 Å². The van der Waals surface area contributed by atoms with Gasteiger partial charge < -0.3 is 10.6 Å².